The second kappa shape index (κ2) is 13.4. The highest BCUT2D eigenvalue weighted by molar-refractivity contribution is 14.0. The van der Waals surface area contributed by atoms with Gasteiger partial charge in [0.05, 0.1) is 24.2 Å². The number of guanidine groups is 1. The molecule has 1 aliphatic rings. The van der Waals surface area contributed by atoms with Gasteiger partial charge in [0.25, 0.3) is 0 Å². The number of nitrogens with one attached hydrogen (secondary N) is 3. The fourth-order valence-electron chi connectivity index (χ4n) is 3.08. The molecular weight excluding hydrogens is 507 g/mol. The van der Waals surface area contributed by atoms with Gasteiger partial charge in [-0.15, -0.1) is 24.0 Å². The van der Waals surface area contributed by atoms with Gasteiger partial charge >= 0.3 is 0 Å². The van der Waals surface area contributed by atoms with E-state index in [2.05, 4.69) is 20.3 Å². The van der Waals surface area contributed by atoms with Gasteiger partial charge in [-0.05, 0) is 50.3 Å². The lowest BCUT2D eigenvalue weighted by atomic mass is 9.93. The van der Waals surface area contributed by atoms with Crippen LogP contribution in [0, 0.1) is 0 Å². The van der Waals surface area contributed by atoms with Crippen molar-refractivity contribution in [2.45, 2.75) is 56.2 Å². The Morgan fingerprint density at radius 3 is 2.66 bits per heavy atom. The van der Waals surface area contributed by atoms with Crippen LogP contribution in [0.5, 0.6) is 0 Å². The molecule has 1 aliphatic carbocycles. The number of ether oxygens (including phenoxy) is 1. The van der Waals surface area contributed by atoms with Gasteiger partial charge < -0.3 is 20.5 Å². The Hall–Kier alpha value is -0.950. The molecule has 0 aromatic heterocycles. The molecule has 0 aliphatic heterocycles. The van der Waals surface area contributed by atoms with Crippen LogP contribution < -0.4 is 15.4 Å². The average Bonchev–Trinajstić information content (AvgIpc) is 2.68. The minimum atomic E-state index is -3.57. The number of methoxy groups -OCH3 is 1. The molecule has 0 bridgehead atoms. The molecular formula is C19H33IN4O4S. The van der Waals surface area contributed by atoms with E-state index >= 15 is 0 Å². The molecule has 166 valence electrons. The van der Waals surface area contributed by atoms with E-state index in [1.54, 1.807) is 18.2 Å². The van der Waals surface area contributed by atoms with E-state index in [9.17, 15) is 13.5 Å². The molecule has 10 heteroatoms. The predicted octanol–water partition coefficient (Wildman–Crippen LogP) is 1.59. The molecule has 0 spiro atoms. The van der Waals surface area contributed by atoms with Crippen molar-refractivity contribution in [2.24, 2.45) is 4.99 Å². The molecule has 1 fully saturated rings. The first-order chi connectivity index (χ1) is 13.4. The van der Waals surface area contributed by atoms with Crippen LogP contribution in [0.15, 0.2) is 34.2 Å². The smallest absolute Gasteiger partial charge is 0.240 e. The molecule has 8 nitrogen and oxygen atoms in total. The van der Waals surface area contributed by atoms with Crippen LogP contribution in [-0.2, 0) is 21.3 Å². The maximum atomic E-state index is 12.3. The van der Waals surface area contributed by atoms with Crippen molar-refractivity contribution < 1.29 is 18.3 Å². The summed E-state index contributed by atoms with van der Waals surface area (Å²) >= 11 is 0. The molecule has 1 aromatic rings. The van der Waals surface area contributed by atoms with Crippen LogP contribution in [0.25, 0.3) is 0 Å². The predicted molar refractivity (Wildman–Crippen MR) is 125 cm³/mol. The molecule has 0 unspecified atom stereocenters. The standard InChI is InChI=1S/C19H32N4O4S.HI/c1-3-20-19(23-16-7-9-17(24)10-8-16)21-14-15-5-4-6-18(13-15)28(25,26)22-11-12-27-2;/h4-6,13,16-17,22,24H,3,7-12,14H2,1-2H3,(H2,20,21,23);1H. The molecule has 2 rings (SSSR count). The Labute approximate surface area is 191 Å². The second-order valence-electron chi connectivity index (χ2n) is 6.88. The average molecular weight is 540 g/mol. The molecule has 1 saturated carbocycles. The van der Waals surface area contributed by atoms with Gasteiger partial charge in [0.2, 0.25) is 10.0 Å². The SMILES string of the molecule is CCNC(=NCc1cccc(S(=O)(=O)NCCOC)c1)NC1CCC(O)CC1.I. The van der Waals surface area contributed by atoms with E-state index in [0.29, 0.717) is 19.1 Å². The first-order valence-corrected chi connectivity index (χ1v) is 11.2. The Morgan fingerprint density at radius 2 is 2.00 bits per heavy atom. The van der Waals surface area contributed by atoms with Crippen molar-refractivity contribution in [3.05, 3.63) is 29.8 Å². The molecule has 1 aromatic carbocycles. The topological polar surface area (TPSA) is 112 Å². The number of nitrogens with zero attached hydrogens (tertiary/aromatic N) is 1. The Balaban J connectivity index is 0.00000420. The van der Waals surface area contributed by atoms with Gasteiger partial charge in [0.15, 0.2) is 5.96 Å². The zero-order valence-electron chi connectivity index (χ0n) is 17.1. The minimum Gasteiger partial charge on any atom is -0.393 e. The van der Waals surface area contributed by atoms with Crippen molar-refractivity contribution in [1.29, 1.82) is 0 Å². The molecule has 0 heterocycles. The summed E-state index contributed by atoms with van der Waals surface area (Å²) in [6.07, 6.45) is 3.22. The monoisotopic (exact) mass is 540 g/mol. The number of benzene rings is 1. The normalized spacial score (nSPS) is 20.0. The molecule has 29 heavy (non-hydrogen) atoms. The minimum absolute atomic E-state index is 0. The third kappa shape index (κ3) is 9.16. The number of sulfonamides is 1. The summed E-state index contributed by atoms with van der Waals surface area (Å²) in [7, 11) is -2.04. The van der Waals surface area contributed by atoms with Gasteiger partial charge in [-0.2, -0.15) is 0 Å². The lowest BCUT2D eigenvalue weighted by Gasteiger charge is -2.27. The number of rotatable bonds is 9. The highest BCUT2D eigenvalue weighted by Gasteiger charge is 2.20. The van der Waals surface area contributed by atoms with Crippen LogP contribution in [0.2, 0.25) is 0 Å². The van der Waals surface area contributed by atoms with Crippen LogP contribution >= 0.6 is 24.0 Å². The second-order valence-corrected chi connectivity index (χ2v) is 8.65. The van der Waals surface area contributed by atoms with Crippen LogP contribution in [0.1, 0.15) is 38.2 Å². The number of aliphatic hydroxyl groups excluding tert-OH is 1. The van der Waals surface area contributed by atoms with Gasteiger partial charge in [0, 0.05) is 26.2 Å². The lowest BCUT2D eigenvalue weighted by molar-refractivity contribution is 0.120. The van der Waals surface area contributed by atoms with E-state index < -0.39 is 10.0 Å². The number of aliphatic hydroxyl groups is 1. The van der Waals surface area contributed by atoms with Crippen LogP contribution in [0.4, 0.5) is 0 Å². The first kappa shape index (κ1) is 26.1. The van der Waals surface area contributed by atoms with Crippen molar-refractivity contribution >= 4 is 40.0 Å². The largest absolute Gasteiger partial charge is 0.393 e. The number of halogens is 1. The highest BCUT2D eigenvalue weighted by atomic mass is 127. The molecule has 0 radical (unpaired) electrons. The molecule has 0 atom stereocenters. The highest BCUT2D eigenvalue weighted by Crippen LogP contribution is 2.18. The lowest BCUT2D eigenvalue weighted by Crippen LogP contribution is -2.45. The van der Waals surface area contributed by atoms with E-state index in [4.69, 9.17) is 4.74 Å². The third-order valence-corrected chi connectivity index (χ3v) is 6.07. The van der Waals surface area contributed by atoms with Gasteiger partial charge in [-0.25, -0.2) is 18.1 Å². The maximum Gasteiger partial charge on any atom is 0.240 e. The summed E-state index contributed by atoms with van der Waals surface area (Å²) in [6, 6.07) is 7.08. The molecule has 0 amide bonds. The van der Waals surface area contributed by atoms with Crippen molar-refractivity contribution in [2.75, 3.05) is 26.8 Å². The van der Waals surface area contributed by atoms with E-state index in [1.807, 2.05) is 13.0 Å². The molecule has 0 saturated heterocycles. The van der Waals surface area contributed by atoms with Crippen molar-refractivity contribution in [3.8, 4) is 0 Å². The fourth-order valence-corrected chi connectivity index (χ4v) is 4.16. The summed E-state index contributed by atoms with van der Waals surface area (Å²) in [4.78, 5) is 4.81. The van der Waals surface area contributed by atoms with E-state index in [-0.39, 0.29) is 47.6 Å². The van der Waals surface area contributed by atoms with Gasteiger partial charge in [-0.3, -0.25) is 0 Å². The quantitative estimate of drug-likeness (QED) is 0.164. The molecule has 4 N–H and O–H groups in total. The van der Waals surface area contributed by atoms with Crippen LogP contribution in [0.3, 0.4) is 0 Å². The Morgan fingerprint density at radius 1 is 1.28 bits per heavy atom. The maximum absolute atomic E-state index is 12.3. The number of hydrogen-bond donors (Lipinski definition) is 4. The summed E-state index contributed by atoms with van der Waals surface area (Å²) in [5.74, 6) is 0.704. The van der Waals surface area contributed by atoms with E-state index in [1.165, 1.54) is 7.11 Å². The van der Waals surface area contributed by atoms with Crippen molar-refractivity contribution in [3.63, 3.8) is 0 Å². The Kier molecular flexibility index (Phi) is 12.0. The van der Waals surface area contributed by atoms with Gasteiger partial charge in [-0.1, -0.05) is 12.1 Å². The first-order valence-electron chi connectivity index (χ1n) is 9.75. The van der Waals surface area contributed by atoms with Gasteiger partial charge in [0.1, 0.15) is 0 Å². The summed E-state index contributed by atoms with van der Waals surface area (Å²) in [5, 5.41) is 16.3. The third-order valence-electron chi connectivity index (χ3n) is 4.61. The zero-order chi connectivity index (χ0) is 20.4. The number of hydrogen-bond acceptors (Lipinski definition) is 5. The summed E-state index contributed by atoms with van der Waals surface area (Å²) in [6.45, 7) is 3.65. The zero-order valence-corrected chi connectivity index (χ0v) is 20.2. The van der Waals surface area contributed by atoms with Crippen molar-refractivity contribution in [1.82, 2.24) is 15.4 Å². The number of aliphatic imine (C=N–C) groups is 1. The fraction of sp³-hybridized carbons (Fsp3) is 0.632. The Bertz CT molecular complexity index is 737. The summed E-state index contributed by atoms with van der Waals surface area (Å²) in [5.41, 5.74) is 0.811. The van der Waals surface area contributed by atoms with Crippen LogP contribution in [-0.4, -0.2) is 58.4 Å². The summed E-state index contributed by atoms with van der Waals surface area (Å²) < 4.78 is 32.1. The van der Waals surface area contributed by atoms with E-state index in [0.717, 1.165) is 37.8 Å².